The van der Waals surface area contributed by atoms with Crippen LogP contribution in [0.3, 0.4) is 0 Å². The maximum absolute atomic E-state index is 13.8. The van der Waals surface area contributed by atoms with E-state index in [9.17, 15) is 19.5 Å². The first-order chi connectivity index (χ1) is 19.4. The molecule has 2 heterocycles. The average molecular weight is 546 g/mol. The maximum atomic E-state index is 13.8. The SMILES string of the molecule is CCCCN1C(=O)C(CC2CCCCC2)NC(=O)C12CCN(Cc1cccc(-c3ccc(C(=O)O)cc3)c1)CC2. The molecular formula is C33H43N3O4. The molecule has 3 fully saturated rings. The van der Waals surface area contributed by atoms with Gasteiger partial charge in [0.1, 0.15) is 11.6 Å². The van der Waals surface area contributed by atoms with Crippen LogP contribution in [0.25, 0.3) is 11.1 Å². The van der Waals surface area contributed by atoms with E-state index in [1.54, 1.807) is 12.1 Å². The molecule has 5 rings (SSSR count). The van der Waals surface area contributed by atoms with Crippen molar-refractivity contribution in [1.29, 1.82) is 0 Å². The molecule has 0 bridgehead atoms. The fourth-order valence-corrected chi connectivity index (χ4v) is 6.92. The quantitative estimate of drug-likeness (QED) is 0.435. The number of likely N-dealkylation sites (tertiary alicyclic amines) is 1. The molecule has 2 aromatic rings. The third-order valence-electron chi connectivity index (χ3n) is 9.32. The van der Waals surface area contributed by atoms with Crippen LogP contribution in [-0.2, 0) is 16.1 Å². The van der Waals surface area contributed by atoms with E-state index in [0.717, 1.165) is 50.0 Å². The number of carbonyl (C=O) groups excluding carboxylic acids is 2. The number of carbonyl (C=O) groups is 3. The molecule has 2 aliphatic heterocycles. The van der Waals surface area contributed by atoms with Crippen molar-refractivity contribution in [3.05, 3.63) is 59.7 Å². The zero-order valence-corrected chi connectivity index (χ0v) is 23.7. The van der Waals surface area contributed by atoms with Gasteiger partial charge in [-0.3, -0.25) is 14.5 Å². The fraction of sp³-hybridized carbons (Fsp3) is 0.545. The molecule has 40 heavy (non-hydrogen) atoms. The number of hydrogen-bond donors (Lipinski definition) is 2. The van der Waals surface area contributed by atoms with E-state index in [1.807, 2.05) is 29.2 Å². The van der Waals surface area contributed by atoms with E-state index >= 15 is 0 Å². The number of carboxylic acid groups (broad SMARTS) is 1. The average Bonchev–Trinajstić information content (AvgIpc) is 2.98. The molecule has 0 aromatic heterocycles. The lowest BCUT2D eigenvalue weighted by molar-refractivity contribution is -0.162. The van der Waals surface area contributed by atoms with Gasteiger partial charge in [-0.05, 0) is 66.5 Å². The predicted octanol–water partition coefficient (Wildman–Crippen LogP) is 5.48. The van der Waals surface area contributed by atoms with Crippen LogP contribution in [0.4, 0.5) is 0 Å². The first-order valence-corrected chi connectivity index (χ1v) is 15.2. The van der Waals surface area contributed by atoms with Crippen LogP contribution in [0, 0.1) is 5.92 Å². The number of carboxylic acids is 1. The van der Waals surface area contributed by atoms with Crippen LogP contribution in [0.5, 0.6) is 0 Å². The molecule has 1 spiro atoms. The summed E-state index contributed by atoms with van der Waals surface area (Å²) in [6.07, 6.45) is 10.1. The largest absolute Gasteiger partial charge is 0.478 e. The number of unbranched alkanes of at least 4 members (excludes halogenated alkanes) is 1. The molecule has 2 aromatic carbocycles. The number of amides is 2. The Morgan fingerprint density at radius 3 is 2.40 bits per heavy atom. The van der Waals surface area contributed by atoms with E-state index in [2.05, 4.69) is 29.3 Å². The second-order valence-corrected chi connectivity index (χ2v) is 12.0. The van der Waals surface area contributed by atoms with Crippen molar-refractivity contribution in [2.75, 3.05) is 19.6 Å². The third kappa shape index (κ3) is 6.09. The summed E-state index contributed by atoms with van der Waals surface area (Å²) >= 11 is 0. The van der Waals surface area contributed by atoms with Crippen molar-refractivity contribution < 1.29 is 19.5 Å². The van der Waals surface area contributed by atoms with Gasteiger partial charge >= 0.3 is 5.97 Å². The second kappa shape index (κ2) is 12.5. The number of piperazine rings is 1. The number of hydrogen-bond acceptors (Lipinski definition) is 4. The van der Waals surface area contributed by atoms with Crippen LogP contribution in [0.15, 0.2) is 48.5 Å². The van der Waals surface area contributed by atoms with Crippen molar-refractivity contribution in [3.63, 3.8) is 0 Å². The Balaban J connectivity index is 1.25. The summed E-state index contributed by atoms with van der Waals surface area (Å²) < 4.78 is 0. The van der Waals surface area contributed by atoms with Gasteiger partial charge in [0.2, 0.25) is 11.8 Å². The van der Waals surface area contributed by atoms with E-state index in [0.29, 0.717) is 25.3 Å². The van der Waals surface area contributed by atoms with Crippen LogP contribution >= 0.6 is 0 Å². The topological polar surface area (TPSA) is 90.0 Å². The van der Waals surface area contributed by atoms with Crippen molar-refractivity contribution in [2.24, 2.45) is 5.92 Å². The molecule has 214 valence electrons. The molecular weight excluding hydrogens is 502 g/mol. The van der Waals surface area contributed by atoms with Crippen molar-refractivity contribution in [3.8, 4) is 11.1 Å². The second-order valence-electron chi connectivity index (χ2n) is 12.0. The highest BCUT2D eigenvalue weighted by molar-refractivity contribution is 6.00. The van der Waals surface area contributed by atoms with Crippen LogP contribution in [0.2, 0.25) is 0 Å². The van der Waals surface area contributed by atoms with Gasteiger partial charge in [-0.15, -0.1) is 0 Å². The van der Waals surface area contributed by atoms with Gasteiger partial charge in [0.05, 0.1) is 5.56 Å². The smallest absolute Gasteiger partial charge is 0.335 e. The normalized spacial score (nSPS) is 21.9. The molecule has 1 saturated carbocycles. The number of piperidine rings is 1. The Bertz CT molecular complexity index is 1200. The maximum Gasteiger partial charge on any atom is 0.335 e. The minimum atomic E-state index is -0.926. The standard InChI is InChI=1S/C33H43N3O4/c1-2-3-18-36-30(37)29(22-24-8-5-4-6-9-24)34-32(40)33(36)16-19-35(20-17-33)23-25-10-7-11-28(21-25)26-12-14-27(15-13-26)31(38)39/h7,10-15,21,24,29H,2-6,8-9,16-20,22-23H2,1H3,(H,34,40)(H,38,39). The number of rotatable bonds is 9. The Morgan fingerprint density at radius 2 is 1.73 bits per heavy atom. The molecule has 3 aliphatic rings. The lowest BCUT2D eigenvalue weighted by atomic mass is 9.79. The predicted molar refractivity (Wildman–Crippen MR) is 156 cm³/mol. The molecule has 7 heteroatoms. The Kier molecular flexibility index (Phi) is 8.89. The minimum absolute atomic E-state index is 0.0514. The molecule has 1 atom stereocenters. The van der Waals surface area contributed by atoms with Gasteiger partial charge in [0, 0.05) is 26.2 Å². The molecule has 1 unspecified atom stereocenters. The summed E-state index contributed by atoms with van der Waals surface area (Å²) in [6, 6.07) is 14.9. The van der Waals surface area contributed by atoms with Gasteiger partial charge in [0.15, 0.2) is 0 Å². The van der Waals surface area contributed by atoms with E-state index in [4.69, 9.17) is 0 Å². The van der Waals surface area contributed by atoms with Gasteiger partial charge in [-0.2, -0.15) is 0 Å². The highest BCUT2D eigenvalue weighted by atomic mass is 16.4. The third-order valence-corrected chi connectivity index (χ3v) is 9.32. The first-order valence-electron chi connectivity index (χ1n) is 15.2. The Morgan fingerprint density at radius 1 is 1.00 bits per heavy atom. The lowest BCUT2D eigenvalue weighted by Gasteiger charge is -2.52. The Hall–Kier alpha value is -3.19. The summed E-state index contributed by atoms with van der Waals surface area (Å²) in [5, 5.41) is 12.4. The van der Waals surface area contributed by atoms with Gasteiger partial charge in [0.25, 0.3) is 0 Å². The summed E-state index contributed by atoms with van der Waals surface area (Å²) in [5.41, 5.74) is 2.75. The van der Waals surface area contributed by atoms with E-state index in [1.165, 1.54) is 37.7 Å². The van der Waals surface area contributed by atoms with Crippen molar-refractivity contribution >= 4 is 17.8 Å². The number of nitrogens with one attached hydrogen (secondary N) is 1. The molecule has 1 aliphatic carbocycles. The van der Waals surface area contributed by atoms with E-state index < -0.39 is 11.5 Å². The number of nitrogens with zero attached hydrogens (tertiary/aromatic N) is 2. The molecule has 2 N–H and O–H groups in total. The van der Waals surface area contributed by atoms with Crippen LogP contribution < -0.4 is 5.32 Å². The lowest BCUT2D eigenvalue weighted by Crippen LogP contribution is -2.73. The van der Waals surface area contributed by atoms with E-state index in [-0.39, 0.29) is 23.4 Å². The van der Waals surface area contributed by atoms with Gasteiger partial charge in [-0.1, -0.05) is 75.8 Å². The monoisotopic (exact) mass is 545 g/mol. The summed E-state index contributed by atoms with van der Waals surface area (Å²) in [5.74, 6) is -0.202. The molecule has 0 radical (unpaired) electrons. The van der Waals surface area contributed by atoms with Gasteiger partial charge < -0.3 is 15.3 Å². The number of aromatic carboxylic acids is 1. The molecule has 2 saturated heterocycles. The van der Waals surface area contributed by atoms with Crippen LogP contribution in [-0.4, -0.2) is 63.9 Å². The summed E-state index contributed by atoms with van der Waals surface area (Å²) in [6.45, 7) is 5.08. The zero-order valence-electron chi connectivity index (χ0n) is 23.7. The Labute approximate surface area is 237 Å². The minimum Gasteiger partial charge on any atom is -0.478 e. The fourth-order valence-electron chi connectivity index (χ4n) is 6.92. The van der Waals surface area contributed by atoms with Crippen LogP contribution in [0.1, 0.15) is 87.1 Å². The number of benzene rings is 2. The molecule has 2 amide bonds. The summed E-state index contributed by atoms with van der Waals surface area (Å²) in [7, 11) is 0. The highest BCUT2D eigenvalue weighted by Crippen LogP contribution is 2.36. The summed E-state index contributed by atoms with van der Waals surface area (Å²) in [4.78, 5) is 43.0. The highest BCUT2D eigenvalue weighted by Gasteiger charge is 2.53. The van der Waals surface area contributed by atoms with Gasteiger partial charge in [-0.25, -0.2) is 4.79 Å². The first kappa shape index (κ1) is 28.3. The van der Waals surface area contributed by atoms with Crippen molar-refractivity contribution in [2.45, 2.75) is 89.3 Å². The molecule has 7 nitrogen and oxygen atoms in total. The van der Waals surface area contributed by atoms with Crippen molar-refractivity contribution in [1.82, 2.24) is 15.1 Å². The zero-order chi connectivity index (χ0) is 28.1.